The van der Waals surface area contributed by atoms with Crippen molar-refractivity contribution in [1.82, 2.24) is 0 Å². The summed E-state index contributed by atoms with van der Waals surface area (Å²) >= 11 is 0. The van der Waals surface area contributed by atoms with Crippen LogP contribution in [0, 0.1) is 0 Å². The molecule has 150 valence electrons. The maximum atomic E-state index is 11.8. The van der Waals surface area contributed by atoms with Crippen LogP contribution in [0.5, 0.6) is 0 Å². The molecule has 29 heavy (non-hydrogen) atoms. The van der Waals surface area contributed by atoms with Crippen LogP contribution in [0.25, 0.3) is 12.2 Å². The van der Waals surface area contributed by atoms with E-state index < -0.39 is 24.0 Å². The largest absolute Gasteiger partial charge is 0.458 e. The molecule has 2 rings (SSSR count). The number of carbonyl (C=O) groups excluding carboxylic acids is 3. The minimum Gasteiger partial charge on any atom is -0.458 e. The summed E-state index contributed by atoms with van der Waals surface area (Å²) in [5, 5.41) is 0. The smallest absolute Gasteiger partial charge is 0.330 e. The van der Waals surface area contributed by atoms with Gasteiger partial charge in [-0.15, -0.1) is 0 Å². The van der Waals surface area contributed by atoms with Crippen LogP contribution < -0.4 is 0 Å². The molecule has 2 aromatic rings. The highest BCUT2D eigenvalue weighted by Gasteiger charge is 2.16. The zero-order chi connectivity index (χ0) is 20.9. The molecule has 0 fully saturated rings. The summed E-state index contributed by atoms with van der Waals surface area (Å²) in [7, 11) is 0. The van der Waals surface area contributed by atoms with E-state index in [4.69, 9.17) is 14.2 Å². The lowest BCUT2D eigenvalue weighted by molar-refractivity contribution is -0.162. The molecule has 0 aliphatic rings. The fraction of sp³-hybridized carbons (Fsp3) is 0.174. The van der Waals surface area contributed by atoms with Crippen LogP contribution in [0.4, 0.5) is 0 Å². The quantitative estimate of drug-likeness (QED) is 0.368. The second-order valence-corrected chi connectivity index (χ2v) is 5.98. The fourth-order valence-electron chi connectivity index (χ4n) is 2.25. The Balaban J connectivity index is 1.81. The van der Waals surface area contributed by atoms with Gasteiger partial charge < -0.3 is 14.2 Å². The van der Waals surface area contributed by atoms with Crippen LogP contribution in [0.1, 0.15) is 18.1 Å². The van der Waals surface area contributed by atoms with E-state index in [1.54, 1.807) is 12.2 Å². The van der Waals surface area contributed by atoms with Gasteiger partial charge in [-0.1, -0.05) is 60.7 Å². The highest BCUT2D eigenvalue weighted by molar-refractivity contribution is 5.87. The van der Waals surface area contributed by atoms with E-state index in [1.165, 1.54) is 19.1 Å². The third-order valence-electron chi connectivity index (χ3n) is 3.58. The van der Waals surface area contributed by atoms with Gasteiger partial charge in [0.2, 0.25) is 0 Å². The second-order valence-electron chi connectivity index (χ2n) is 5.98. The van der Waals surface area contributed by atoms with Crippen LogP contribution >= 0.6 is 0 Å². The Bertz CT molecular complexity index is 790. The van der Waals surface area contributed by atoms with Crippen LogP contribution in [-0.4, -0.2) is 37.2 Å². The summed E-state index contributed by atoms with van der Waals surface area (Å²) in [6.07, 6.45) is 4.87. The monoisotopic (exact) mass is 394 g/mol. The summed E-state index contributed by atoms with van der Waals surface area (Å²) < 4.78 is 15.2. The Morgan fingerprint density at radius 1 is 0.759 bits per heavy atom. The maximum Gasteiger partial charge on any atom is 0.330 e. The maximum absolute atomic E-state index is 11.8. The van der Waals surface area contributed by atoms with Crippen LogP contribution in [0.3, 0.4) is 0 Å². The molecular weight excluding hydrogens is 372 g/mol. The lowest BCUT2D eigenvalue weighted by Gasteiger charge is -2.16. The van der Waals surface area contributed by atoms with Gasteiger partial charge >= 0.3 is 17.9 Å². The van der Waals surface area contributed by atoms with Crippen molar-refractivity contribution in [3.63, 3.8) is 0 Å². The first kappa shape index (κ1) is 21.6. The molecule has 6 nitrogen and oxygen atoms in total. The van der Waals surface area contributed by atoms with Gasteiger partial charge in [-0.3, -0.25) is 4.79 Å². The zero-order valence-corrected chi connectivity index (χ0v) is 16.0. The number of hydrogen-bond acceptors (Lipinski definition) is 6. The Morgan fingerprint density at radius 3 is 1.55 bits per heavy atom. The Hall–Kier alpha value is -3.67. The number of ether oxygens (including phenoxy) is 3. The van der Waals surface area contributed by atoms with Crippen molar-refractivity contribution in [1.29, 1.82) is 0 Å². The molecule has 0 aliphatic heterocycles. The molecule has 0 bridgehead atoms. The zero-order valence-electron chi connectivity index (χ0n) is 16.0. The van der Waals surface area contributed by atoms with Crippen LogP contribution in [-0.2, 0) is 28.6 Å². The molecule has 0 atom stereocenters. The molecule has 0 saturated carbocycles. The van der Waals surface area contributed by atoms with Gasteiger partial charge in [0.25, 0.3) is 0 Å². The van der Waals surface area contributed by atoms with Gasteiger partial charge in [-0.05, 0) is 23.3 Å². The third kappa shape index (κ3) is 9.19. The lowest BCUT2D eigenvalue weighted by atomic mass is 10.2. The Kier molecular flexibility index (Phi) is 8.89. The second kappa shape index (κ2) is 11.9. The SMILES string of the molecule is CC(=O)OC(COC(=O)/C=C/c1ccccc1)COC(=O)/C=C/c1ccccc1. The normalized spacial score (nSPS) is 11.0. The van der Waals surface area contributed by atoms with E-state index in [2.05, 4.69) is 0 Å². The molecule has 0 radical (unpaired) electrons. The summed E-state index contributed by atoms with van der Waals surface area (Å²) in [5.41, 5.74) is 1.69. The first-order valence-corrected chi connectivity index (χ1v) is 9.00. The predicted molar refractivity (Wildman–Crippen MR) is 108 cm³/mol. The van der Waals surface area contributed by atoms with Crippen molar-refractivity contribution in [3.8, 4) is 0 Å². The van der Waals surface area contributed by atoms with E-state index in [0.29, 0.717) is 0 Å². The van der Waals surface area contributed by atoms with Crippen LogP contribution in [0.15, 0.2) is 72.8 Å². The van der Waals surface area contributed by atoms with Crippen molar-refractivity contribution >= 4 is 30.1 Å². The minimum atomic E-state index is -0.893. The first-order valence-electron chi connectivity index (χ1n) is 9.00. The van der Waals surface area contributed by atoms with Crippen molar-refractivity contribution in [2.45, 2.75) is 13.0 Å². The molecule has 0 aliphatic carbocycles. The molecule has 2 aromatic carbocycles. The lowest BCUT2D eigenvalue weighted by Crippen LogP contribution is -2.29. The van der Waals surface area contributed by atoms with Gasteiger partial charge in [0.05, 0.1) is 0 Å². The molecule has 0 N–H and O–H groups in total. The van der Waals surface area contributed by atoms with Crippen molar-refractivity contribution < 1.29 is 28.6 Å². The van der Waals surface area contributed by atoms with Gasteiger partial charge in [-0.25, -0.2) is 9.59 Å². The van der Waals surface area contributed by atoms with E-state index in [0.717, 1.165) is 11.1 Å². The minimum absolute atomic E-state index is 0.229. The summed E-state index contributed by atoms with van der Waals surface area (Å²) in [6, 6.07) is 18.5. The molecule has 0 amide bonds. The summed E-state index contributed by atoms with van der Waals surface area (Å²) in [5.74, 6) is -1.76. The third-order valence-corrected chi connectivity index (χ3v) is 3.58. The van der Waals surface area contributed by atoms with Crippen molar-refractivity contribution in [2.24, 2.45) is 0 Å². The number of esters is 3. The first-order chi connectivity index (χ1) is 14.0. The molecule has 0 unspecified atom stereocenters. The number of benzene rings is 2. The average molecular weight is 394 g/mol. The molecular formula is C23H22O6. The van der Waals surface area contributed by atoms with E-state index in [1.807, 2.05) is 60.7 Å². The van der Waals surface area contributed by atoms with Gasteiger partial charge in [-0.2, -0.15) is 0 Å². The number of hydrogen-bond donors (Lipinski definition) is 0. The molecule has 0 spiro atoms. The van der Waals surface area contributed by atoms with E-state index in [9.17, 15) is 14.4 Å². The molecule has 0 aromatic heterocycles. The summed E-state index contributed by atoms with van der Waals surface area (Å²) in [4.78, 5) is 34.9. The molecule has 0 heterocycles. The van der Waals surface area contributed by atoms with Crippen LogP contribution in [0.2, 0.25) is 0 Å². The number of carbonyl (C=O) groups is 3. The van der Waals surface area contributed by atoms with Crippen molar-refractivity contribution in [3.05, 3.63) is 83.9 Å². The number of rotatable bonds is 9. The van der Waals surface area contributed by atoms with Gasteiger partial charge in [0, 0.05) is 19.1 Å². The van der Waals surface area contributed by atoms with Gasteiger partial charge in [0.1, 0.15) is 13.2 Å². The topological polar surface area (TPSA) is 78.9 Å². The average Bonchev–Trinajstić information content (AvgIpc) is 2.74. The van der Waals surface area contributed by atoms with Crippen molar-refractivity contribution in [2.75, 3.05) is 13.2 Å². The van der Waals surface area contributed by atoms with Gasteiger partial charge in [0.15, 0.2) is 6.10 Å². The predicted octanol–water partition coefficient (Wildman–Crippen LogP) is 3.43. The Labute approximate surface area is 169 Å². The highest BCUT2D eigenvalue weighted by atomic mass is 16.6. The molecule has 6 heteroatoms. The highest BCUT2D eigenvalue weighted by Crippen LogP contribution is 2.04. The fourth-order valence-corrected chi connectivity index (χ4v) is 2.25. The summed E-state index contributed by atoms with van der Waals surface area (Å²) in [6.45, 7) is 0.766. The standard InChI is InChI=1S/C23H22O6/c1-18(24)29-21(16-27-22(25)14-12-19-8-4-2-5-9-19)17-28-23(26)15-13-20-10-6-3-7-11-20/h2-15,21H,16-17H2,1H3/b14-12+,15-13+. The Morgan fingerprint density at radius 2 is 1.17 bits per heavy atom. The van der Waals surface area contributed by atoms with E-state index in [-0.39, 0.29) is 13.2 Å². The van der Waals surface area contributed by atoms with E-state index >= 15 is 0 Å². The molecule has 0 saturated heterocycles.